The highest BCUT2D eigenvalue weighted by molar-refractivity contribution is 4.94. The van der Waals surface area contributed by atoms with E-state index in [1.807, 2.05) is 0 Å². The molecule has 0 aliphatic carbocycles. The number of hydrogen-bond acceptors (Lipinski definition) is 6. The van der Waals surface area contributed by atoms with E-state index in [-0.39, 0.29) is 0 Å². The van der Waals surface area contributed by atoms with Crippen LogP contribution in [0, 0.1) is 5.82 Å². The molecule has 1 saturated heterocycles. The summed E-state index contributed by atoms with van der Waals surface area (Å²) in [5.41, 5.74) is -2.18. The van der Waals surface area contributed by atoms with Gasteiger partial charge in [-0.1, -0.05) is 0 Å². The van der Waals surface area contributed by atoms with Crippen molar-refractivity contribution in [2.45, 2.75) is 24.5 Å². The van der Waals surface area contributed by atoms with Gasteiger partial charge in [0.25, 0.3) is 5.56 Å². The predicted octanol–water partition coefficient (Wildman–Crippen LogP) is -2.71. The van der Waals surface area contributed by atoms with Gasteiger partial charge in [0.05, 0.1) is 12.8 Å². The average molecular weight is 262 g/mol. The number of H-pyrrole nitrogens is 1. The summed E-state index contributed by atoms with van der Waals surface area (Å²) in [4.78, 5) is 24.0. The number of ether oxygens (including phenoxy) is 1. The molecule has 1 fully saturated rings. The molecular weight excluding hydrogens is 251 g/mol. The number of aliphatic hydroxyl groups excluding tert-OH is 3. The van der Waals surface area contributed by atoms with E-state index in [4.69, 9.17) is 9.84 Å². The van der Waals surface area contributed by atoms with Crippen molar-refractivity contribution in [3.63, 3.8) is 0 Å². The third kappa shape index (κ3) is 1.97. The topological polar surface area (TPSA) is 125 Å². The summed E-state index contributed by atoms with van der Waals surface area (Å²) in [6.07, 6.45) is -4.84. The summed E-state index contributed by atoms with van der Waals surface area (Å²) in [5.74, 6) is -1.23. The number of nitrogens with zero attached hydrogens (tertiary/aromatic N) is 1. The Balaban J connectivity index is 2.42. The molecule has 0 spiro atoms. The zero-order valence-corrected chi connectivity index (χ0v) is 8.99. The lowest BCUT2D eigenvalue weighted by Gasteiger charge is -2.16. The van der Waals surface area contributed by atoms with Gasteiger partial charge in [0.15, 0.2) is 6.23 Å². The maximum atomic E-state index is 13.1. The van der Waals surface area contributed by atoms with Gasteiger partial charge in [-0.15, -0.1) is 0 Å². The monoisotopic (exact) mass is 262 g/mol. The van der Waals surface area contributed by atoms with E-state index < -0.39 is 48.2 Å². The molecule has 0 saturated carbocycles. The molecule has 0 amide bonds. The zero-order valence-electron chi connectivity index (χ0n) is 8.99. The summed E-state index contributed by atoms with van der Waals surface area (Å²) >= 11 is 0. The first-order chi connectivity index (χ1) is 8.45. The molecule has 4 N–H and O–H groups in total. The third-order valence-electron chi connectivity index (χ3n) is 2.72. The van der Waals surface area contributed by atoms with Crippen LogP contribution in [-0.4, -0.2) is 49.8 Å². The Morgan fingerprint density at radius 2 is 2.06 bits per heavy atom. The summed E-state index contributed by atoms with van der Waals surface area (Å²) in [7, 11) is 0. The Morgan fingerprint density at radius 3 is 2.61 bits per heavy atom. The molecule has 1 aromatic rings. The van der Waals surface area contributed by atoms with Crippen molar-refractivity contribution in [3.8, 4) is 0 Å². The first-order valence-electron chi connectivity index (χ1n) is 5.09. The number of aromatic amines is 1. The van der Waals surface area contributed by atoms with Crippen LogP contribution in [-0.2, 0) is 4.74 Å². The molecule has 100 valence electrons. The van der Waals surface area contributed by atoms with Crippen LogP contribution in [0.4, 0.5) is 4.39 Å². The highest BCUT2D eigenvalue weighted by Gasteiger charge is 2.43. The van der Waals surface area contributed by atoms with Crippen LogP contribution in [0.5, 0.6) is 0 Å². The van der Waals surface area contributed by atoms with E-state index in [0.717, 1.165) is 0 Å². The standard InChI is InChI=1S/C9H11FN2O6/c10-3-1-12(9(17)11-7(3)16)8-6(15)5(14)4(2-13)18-8/h1,4-6,8,13-15H,2H2,(H,11,16,17)/t4?,5-,6-,8?/m1/s1. The highest BCUT2D eigenvalue weighted by atomic mass is 19.1. The van der Waals surface area contributed by atoms with Crippen LogP contribution < -0.4 is 11.2 Å². The molecule has 1 aliphatic rings. The summed E-state index contributed by atoms with van der Waals surface area (Å²) in [6, 6.07) is 0. The van der Waals surface area contributed by atoms with Crippen LogP contribution in [0.1, 0.15) is 6.23 Å². The van der Waals surface area contributed by atoms with Gasteiger partial charge < -0.3 is 20.1 Å². The lowest BCUT2D eigenvalue weighted by Crippen LogP contribution is -2.38. The van der Waals surface area contributed by atoms with Gasteiger partial charge in [0.1, 0.15) is 18.3 Å². The van der Waals surface area contributed by atoms with Crippen molar-refractivity contribution < 1.29 is 24.4 Å². The van der Waals surface area contributed by atoms with E-state index in [2.05, 4.69) is 0 Å². The third-order valence-corrected chi connectivity index (χ3v) is 2.72. The first-order valence-corrected chi connectivity index (χ1v) is 5.09. The fourth-order valence-corrected chi connectivity index (χ4v) is 1.76. The number of halogens is 1. The number of rotatable bonds is 2. The van der Waals surface area contributed by atoms with E-state index in [1.165, 1.54) is 0 Å². The van der Waals surface area contributed by atoms with Gasteiger partial charge >= 0.3 is 5.69 Å². The molecule has 2 rings (SSSR count). The Kier molecular flexibility index (Phi) is 3.30. The molecular formula is C9H11FN2O6. The number of aromatic nitrogens is 2. The lowest BCUT2D eigenvalue weighted by molar-refractivity contribution is -0.0554. The van der Waals surface area contributed by atoms with Crippen molar-refractivity contribution in [1.29, 1.82) is 0 Å². The van der Waals surface area contributed by atoms with Crippen LogP contribution in [0.15, 0.2) is 15.8 Å². The highest BCUT2D eigenvalue weighted by Crippen LogP contribution is 2.27. The van der Waals surface area contributed by atoms with E-state index in [9.17, 15) is 24.2 Å². The van der Waals surface area contributed by atoms with Crippen LogP contribution in [0.3, 0.4) is 0 Å². The Morgan fingerprint density at radius 1 is 1.39 bits per heavy atom. The Labute approximate surface area is 98.9 Å². The van der Waals surface area contributed by atoms with E-state index in [1.54, 1.807) is 4.98 Å². The molecule has 18 heavy (non-hydrogen) atoms. The normalized spacial score (nSPS) is 31.8. The van der Waals surface area contributed by atoms with Gasteiger partial charge in [0, 0.05) is 0 Å². The SMILES string of the molecule is O=c1[nH]c(=O)n(C2OC(CO)[C@@H](O)[C@H]2O)cc1F. The second-order valence-electron chi connectivity index (χ2n) is 3.87. The number of nitrogens with one attached hydrogen (secondary N) is 1. The van der Waals surface area contributed by atoms with Crippen molar-refractivity contribution in [1.82, 2.24) is 9.55 Å². The molecule has 8 nitrogen and oxygen atoms in total. The largest absolute Gasteiger partial charge is 0.394 e. The van der Waals surface area contributed by atoms with Gasteiger partial charge in [-0.05, 0) is 0 Å². The predicted molar refractivity (Wildman–Crippen MR) is 54.3 cm³/mol. The quantitative estimate of drug-likeness (QED) is 0.459. The molecule has 0 bridgehead atoms. The zero-order chi connectivity index (χ0) is 13.4. The van der Waals surface area contributed by atoms with Crippen molar-refractivity contribution in [2.24, 2.45) is 0 Å². The second kappa shape index (κ2) is 4.61. The maximum Gasteiger partial charge on any atom is 0.330 e. The Bertz CT molecular complexity index is 555. The molecule has 0 radical (unpaired) electrons. The number of aliphatic hydroxyl groups is 3. The van der Waals surface area contributed by atoms with E-state index >= 15 is 0 Å². The molecule has 0 aromatic carbocycles. The smallest absolute Gasteiger partial charge is 0.330 e. The van der Waals surface area contributed by atoms with Crippen LogP contribution >= 0.6 is 0 Å². The van der Waals surface area contributed by atoms with Crippen molar-refractivity contribution >= 4 is 0 Å². The summed E-state index contributed by atoms with van der Waals surface area (Å²) < 4.78 is 18.7. The summed E-state index contributed by atoms with van der Waals surface area (Å²) in [5, 5.41) is 28.0. The lowest BCUT2D eigenvalue weighted by atomic mass is 10.1. The summed E-state index contributed by atoms with van der Waals surface area (Å²) in [6.45, 7) is -0.574. The van der Waals surface area contributed by atoms with E-state index in [0.29, 0.717) is 10.8 Å². The molecule has 4 atom stereocenters. The van der Waals surface area contributed by atoms with Crippen molar-refractivity contribution in [2.75, 3.05) is 6.61 Å². The van der Waals surface area contributed by atoms with Crippen LogP contribution in [0.25, 0.3) is 0 Å². The second-order valence-corrected chi connectivity index (χ2v) is 3.87. The molecule has 2 unspecified atom stereocenters. The maximum absolute atomic E-state index is 13.1. The fourth-order valence-electron chi connectivity index (χ4n) is 1.76. The minimum absolute atomic E-state index is 0.571. The molecule has 1 aromatic heterocycles. The molecule has 2 heterocycles. The van der Waals surface area contributed by atoms with Gasteiger partial charge in [-0.25, -0.2) is 4.79 Å². The number of hydrogen-bond donors (Lipinski definition) is 4. The first kappa shape index (κ1) is 12.9. The molecule has 9 heteroatoms. The van der Waals surface area contributed by atoms with Crippen molar-refractivity contribution in [3.05, 3.63) is 32.9 Å². The minimum Gasteiger partial charge on any atom is -0.394 e. The Hall–Kier alpha value is -1.55. The van der Waals surface area contributed by atoms with Gasteiger partial charge in [-0.2, -0.15) is 4.39 Å². The average Bonchev–Trinajstić information content (AvgIpc) is 2.61. The minimum atomic E-state index is -1.52. The molecule has 1 aliphatic heterocycles. The fraction of sp³-hybridized carbons (Fsp3) is 0.556. The van der Waals surface area contributed by atoms with Gasteiger partial charge in [-0.3, -0.25) is 14.3 Å². The van der Waals surface area contributed by atoms with Crippen LogP contribution in [0.2, 0.25) is 0 Å². The van der Waals surface area contributed by atoms with Gasteiger partial charge in [0.2, 0.25) is 5.82 Å².